The number of piperidine rings is 3. The van der Waals surface area contributed by atoms with Crippen LogP contribution in [0.1, 0.15) is 63.0 Å². The van der Waals surface area contributed by atoms with Crippen LogP contribution in [0.5, 0.6) is 5.75 Å². The number of esters is 1. The van der Waals surface area contributed by atoms with E-state index in [-0.39, 0.29) is 23.5 Å². The topological polar surface area (TPSA) is 51.7 Å². The Morgan fingerprint density at radius 2 is 1.89 bits per heavy atom. The minimum absolute atomic E-state index is 0.0716. The average molecular weight is 487 g/mol. The van der Waals surface area contributed by atoms with Crippen molar-refractivity contribution in [3.05, 3.63) is 48.7 Å². The molecule has 3 aliphatic heterocycles. The van der Waals surface area contributed by atoms with Crippen LogP contribution in [0, 0.1) is 35.0 Å². The first-order valence-corrected chi connectivity index (χ1v) is 14.1. The number of pyridine rings is 1. The van der Waals surface area contributed by atoms with Crippen molar-refractivity contribution in [1.82, 2.24) is 9.88 Å². The van der Waals surface area contributed by atoms with E-state index in [1.54, 1.807) is 7.11 Å². The summed E-state index contributed by atoms with van der Waals surface area (Å²) in [4.78, 5) is 21.4. The molecule has 1 aromatic heterocycles. The van der Waals surface area contributed by atoms with Crippen LogP contribution in [-0.4, -0.2) is 42.1 Å². The van der Waals surface area contributed by atoms with Gasteiger partial charge in [-0.15, -0.1) is 6.58 Å². The Morgan fingerprint density at radius 1 is 1.14 bits per heavy atom. The van der Waals surface area contributed by atoms with E-state index in [4.69, 9.17) is 9.47 Å². The van der Waals surface area contributed by atoms with Crippen LogP contribution in [-0.2, 0) is 9.53 Å². The van der Waals surface area contributed by atoms with Gasteiger partial charge in [0.25, 0.3) is 0 Å². The number of ether oxygens (including phenoxy) is 2. The second kappa shape index (κ2) is 8.58. The fraction of sp³-hybridized carbons (Fsp3) is 0.613. The number of rotatable bonds is 6. The Morgan fingerprint density at radius 3 is 2.53 bits per heavy atom. The fourth-order valence-corrected chi connectivity index (χ4v) is 9.16. The molecule has 6 bridgehead atoms. The monoisotopic (exact) mass is 486 g/mol. The van der Waals surface area contributed by atoms with Crippen LogP contribution in [0.15, 0.2) is 43.1 Å². The second-order valence-electron chi connectivity index (χ2n) is 12.6. The molecule has 7 aliphatic rings. The lowest BCUT2D eigenvalue weighted by atomic mass is 9.49. The largest absolute Gasteiger partial charge is 0.497 e. The highest BCUT2D eigenvalue weighted by Gasteiger charge is 2.56. The number of nitrogens with zero attached hydrogens (tertiary/aromatic N) is 2. The lowest BCUT2D eigenvalue weighted by Gasteiger charge is -2.56. The predicted octanol–water partition coefficient (Wildman–Crippen LogP) is 5.94. The van der Waals surface area contributed by atoms with E-state index >= 15 is 0 Å². The third-order valence-electron chi connectivity index (χ3n) is 10.5. The molecule has 1 aromatic carbocycles. The molecule has 2 aromatic rings. The molecule has 0 amide bonds. The Bertz CT molecular complexity index is 1160. The zero-order chi connectivity index (χ0) is 24.4. The van der Waals surface area contributed by atoms with E-state index in [0.717, 1.165) is 78.7 Å². The number of fused-ring (bicyclic) bond motifs is 4. The molecule has 1 unspecified atom stereocenters. The van der Waals surface area contributed by atoms with Crippen molar-refractivity contribution >= 4 is 16.9 Å². The van der Waals surface area contributed by atoms with Gasteiger partial charge in [-0.2, -0.15) is 0 Å². The molecule has 0 N–H and O–H groups in total. The van der Waals surface area contributed by atoms with Crippen LogP contribution in [0.25, 0.3) is 10.9 Å². The van der Waals surface area contributed by atoms with Crippen molar-refractivity contribution in [3.63, 3.8) is 0 Å². The lowest BCUT2D eigenvalue weighted by molar-refractivity contribution is -0.184. The molecule has 9 rings (SSSR count). The third-order valence-corrected chi connectivity index (χ3v) is 10.5. The normalized spacial score (nSPS) is 39.2. The highest BCUT2D eigenvalue weighted by molar-refractivity contribution is 5.85. The van der Waals surface area contributed by atoms with Gasteiger partial charge < -0.3 is 9.47 Å². The smallest absolute Gasteiger partial charge is 0.312 e. The minimum Gasteiger partial charge on any atom is -0.497 e. The number of benzene rings is 1. The molecule has 4 aliphatic carbocycles. The second-order valence-corrected chi connectivity index (χ2v) is 12.6. The van der Waals surface area contributed by atoms with E-state index < -0.39 is 0 Å². The maximum Gasteiger partial charge on any atom is 0.312 e. The van der Waals surface area contributed by atoms with Crippen LogP contribution in [0.2, 0.25) is 0 Å². The summed E-state index contributed by atoms with van der Waals surface area (Å²) in [5, 5.41) is 1.03. The number of hydrogen-bond acceptors (Lipinski definition) is 5. The maximum absolute atomic E-state index is 14.2. The van der Waals surface area contributed by atoms with E-state index in [2.05, 4.69) is 34.7 Å². The van der Waals surface area contributed by atoms with Crippen molar-refractivity contribution < 1.29 is 14.3 Å². The van der Waals surface area contributed by atoms with Crippen molar-refractivity contribution in [2.24, 2.45) is 35.0 Å². The van der Waals surface area contributed by atoms with Gasteiger partial charge in [-0.3, -0.25) is 14.7 Å². The van der Waals surface area contributed by atoms with Gasteiger partial charge >= 0.3 is 5.97 Å². The summed E-state index contributed by atoms with van der Waals surface area (Å²) in [6.07, 6.45) is 13.0. The van der Waals surface area contributed by atoms with Gasteiger partial charge in [-0.05, 0) is 112 Å². The van der Waals surface area contributed by atoms with Gasteiger partial charge in [0, 0.05) is 23.7 Å². The fourth-order valence-electron chi connectivity index (χ4n) is 9.16. The molecule has 5 atom stereocenters. The average Bonchev–Trinajstić information content (AvgIpc) is 2.90. The molecule has 5 nitrogen and oxygen atoms in total. The molecule has 4 heterocycles. The van der Waals surface area contributed by atoms with Crippen molar-refractivity contribution in [1.29, 1.82) is 0 Å². The molecule has 7 fully saturated rings. The first-order valence-electron chi connectivity index (χ1n) is 14.1. The molecular weight excluding hydrogens is 448 g/mol. The molecule has 36 heavy (non-hydrogen) atoms. The maximum atomic E-state index is 14.2. The lowest BCUT2D eigenvalue weighted by Crippen LogP contribution is -2.56. The van der Waals surface area contributed by atoms with Crippen LogP contribution >= 0.6 is 0 Å². The summed E-state index contributed by atoms with van der Waals surface area (Å²) in [6.45, 7) is 6.19. The van der Waals surface area contributed by atoms with Crippen molar-refractivity contribution in [3.8, 4) is 5.75 Å². The Labute approximate surface area is 214 Å². The molecule has 4 saturated carbocycles. The predicted molar refractivity (Wildman–Crippen MR) is 140 cm³/mol. The molecule has 0 spiro atoms. The summed E-state index contributed by atoms with van der Waals surface area (Å²) >= 11 is 0. The SMILES string of the molecule is C=C[C@@H]1CN2CC[C@H]1C[C@@H]2[C@H](OC(=O)C12CC3CC(CC(C3)C1)C2)c1ccnc2ccc(OC)cc12. The van der Waals surface area contributed by atoms with Crippen LogP contribution in [0.4, 0.5) is 0 Å². The Balaban J connectivity index is 1.27. The van der Waals surface area contributed by atoms with Crippen LogP contribution in [0.3, 0.4) is 0 Å². The number of aromatic nitrogens is 1. The number of carbonyl (C=O) groups is 1. The van der Waals surface area contributed by atoms with Gasteiger partial charge in [0.05, 0.1) is 24.1 Å². The summed E-state index contributed by atoms with van der Waals surface area (Å²) in [5.41, 5.74) is 1.73. The molecule has 5 heteroatoms. The first kappa shape index (κ1) is 22.8. The third kappa shape index (κ3) is 3.60. The highest BCUT2D eigenvalue weighted by atomic mass is 16.5. The molecule has 0 radical (unpaired) electrons. The zero-order valence-electron chi connectivity index (χ0n) is 21.4. The van der Waals surface area contributed by atoms with E-state index in [1.165, 1.54) is 25.7 Å². The van der Waals surface area contributed by atoms with Crippen LogP contribution < -0.4 is 4.74 Å². The molecule has 190 valence electrons. The Hall–Kier alpha value is -2.40. The van der Waals surface area contributed by atoms with Gasteiger partial charge in [0.15, 0.2) is 0 Å². The van der Waals surface area contributed by atoms with Gasteiger partial charge in [-0.1, -0.05) is 6.08 Å². The van der Waals surface area contributed by atoms with E-state index in [0.29, 0.717) is 11.8 Å². The van der Waals surface area contributed by atoms with E-state index in [1.807, 2.05) is 18.3 Å². The number of hydrogen-bond donors (Lipinski definition) is 0. The number of carbonyl (C=O) groups excluding carboxylic acids is 1. The first-order chi connectivity index (χ1) is 17.5. The summed E-state index contributed by atoms with van der Waals surface area (Å²) in [6, 6.07) is 8.29. The van der Waals surface area contributed by atoms with Gasteiger partial charge in [-0.25, -0.2) is 0 Å². The standard InChI is InChI=1S/C31H38N2O3/c1-3-22-18-33-9-7-23(22)13-28(33)29(25-6-8-32-27-5-4-24(35-2)14-26(25)27)36-30(34)31-15-19-10-20(16-31)12-21(11-19)17-31/h3-6,8,14,19-23,28-29H,1,7,9-13,15-18H2,2H3/t19?,20?,21?,22-,23+,28-,29-,31?/m1/s1. The zero-order valence-corrected chi connectivity index (χ0v) is 21.4. The van der Waals surface area contributed by atoms with E-state index in [9.17, 15) is 4.79 Å². The molecular formula is C31H38N2O3. The van der Waals surface area contributed by atoms with Gasteiger partial charge in [0.2, 0.25) is 0 Å². The van der Waals surface area contributed by atoms with Crippen molar-refractivity contribution in [2.45, 2.75) is 63.5 Å². The summed E-state index contributed by atoms with van der Waals surface area (Å²) in [7, 11) is 1.70. The quantitative estimate of drug-likeness (QED) is 0.374. The molecule has 3 saturated heterocycles. The van der Waals surface area contributed by atoms with Gasteiger partial charge in [0.1, 0.15) is 11.9 Å². The summed E-state index contributed by atoms with van der Waals surface area (Å²) < 4.78 is 12.4. The number of methoxy groups -OCH3 is 1. The minimum atomic E-state index is -0.295. The highest BCUT2D eigenvalue weighted by Crippen LogP contribution is 2.61. The Kier molecular flexibility index (Phi) is 5.43. The summed E-state index contributed by atoms with van der Waals surface area (Å²) in [5.74, 6) is 4.18. The van der Waals surface area contributed by atoms with Crippen molar-refractivity contribution in [2.75, 3.05) is 20.2 Å².